The van der Waals surface area contributed by atoms with E-state index in [1.165, 1.54) is 18.5 Å². The van der Waals surface area contributed by atoms with Crippen LogP contribution in [0, 0.1) is 0 Å². The molecule has 1 nitrogen and oxygen atoms in total. The van der Waals surface area contributed by atoms with E-state index in [4.69, 9.17) is 0 Å². The first-order valence-electron chi connectivity index (χ1n) is 6.05. The Morgan fingerprint density at radius 3 is 2.20 bits per heavy atom. The first kappa shape index (κ1) is 12.3. The predicted octanol–water partition coefficient (Wildman–Crippen LogP) is 3.52. The molecule has 0 radical (unpaired) electrons. The Bertz CT molecular complexity index is 251. The molecule has 0 N–H and O–H groups in total. The molecule has 0 aliphatic carbocycles. The molecule has 1 rings (SSSR count). The Labute approximate surface area is 94.1 Å². The Balaban J connectivity index is 2.39. The monoisotopic (exact) mass is 205 g/mol. The van der Waals surface area contributed by atoms with Crippen LogP contribution in [0.25, 0.3) is 0 Å². The SMILES string of the molecule is CCN(CC)CCC(C)c1ccccc1. The molecular formula is C14H23N. The summed E-state index contributed by atoms with van der Waals surface area (Å²) in [5, 5.41) is 0. The molecule has 0 aromatic heterocycles. The molecule has 0 spiro atoms. The van der Waals surface area contributed by atoms with E-state index in [-0.39, 0.29) is 0 Å². The maximum absolute atomic E-state index is 2.49. The van der Waals surface area contributed by atoms with Crippen LogP contribution in [-0.4, -0.2) is 24.5 Å². The maximum atomic E-state index is 2.49. The molecule has 1 heteroatoms. The fourth-order valence-electron chi connectivity index (χ4n) is 1.86. The topological polar surface area (TPSA) is 3.24 Å². The fraction of sp³-hybridized carbons (Fsp3) is 0.571. The van der Waals surface area contributed by atoms with Crippen molar-refractivity contribution in [1.29, 1.82) is 0 Å². The summed E-state index contributed by atoms with van der Waals surface area (Å²) in [6.45, 7) is 10.3. The number of rotatable bonds is 6. The number of benzene rings is 1. The minimum Gasteiger partial charge on any atom is -0.304 e. The smallest absolute Gasteiger partial charge is 0.00132 e. The van der Waals surface area contributed by atoms with Gasteiger partial charge in [0.25, 0.3) is 0 Å². The average Bonchev–Trinajstić information content (AvgIpc) is 2.31. The van der Waals surface area contributed by atoms with Crippen molar-refractivity contribution in [3.8, 4) is 0 Å². The highest BCUT2D eigenvalue weighted by Crippen LogP contribution is 2.18. The average molecular weight is 205 g/mol. The van der Waals surface area contributed by atoms with Crippen LogP contribution in [0.1, 0.15) is 38.7 Å². The minimum atomic E-state index is 0.673. The molecule has 0 heterocycles. The molecular weight excluding hydrogens is 182 g/mol. The molecule has 0 bridgehead atoms. The van der Waals surface area contributed by atoms with Gasteiger partial charge >= 0.3 is 0 Å². The normalized spacial score (nSPS) is 13.1. The van der Waals surface area contributed by atoms with Crippen molar-refractivity contribution in [3.05, 3.63) is 35.9 Å². The summed E-state index contributed by atoms with van der Waals surface area (Å²) < 4.78 is 0. The van der Waals surface area contributed by atoms with Crippen LogP contribution in [0.3, 0.4) is 0 Å². The first-order chi connectivity index (χ1) is 7.27. The molecule has 1 unspecified atom stereocenters. The Kier molecular flexibility index (Phi) is 5.41. The van der Waals surface area contributed by atoms with Crippen molar-refractivity contribution in [2.45, 2.75) is 33.1 Å². The zero-order chi connectivity index (χ0) is 11.1. The quantitative estimate of drug-likeness (QED) is 0.687. The molecule has 1 atom stereocenters. The third-order valence-corrected chi connectivity index (χ3v) is 3.14. The van der Waals surface area contributed by atoms with E-state index in [0.717, 1.165) is 13.1 Å². The molecule has 0 fully saturated rings. The van der Waals surface area contributed by atoms with Gasteiger partial charge in [0.2, 0.25) is 0 Å². The second kappa shape index (κ2) is 6.62. The maximum Gasteiger partial charge on any atom is -0.00132 e. The van der Waals surface area contributed by atoms with Gasteiger partial charge in [0.05, 0.1) is 0 Å². The zero-order valence-corrected chi connectivity index (χ0v) is 10.2. The standard InChI is InChI=1S/C14H23N/c1-4-15(5-2)12-11-13(3)14-9-7-6-8-10-14/h6-10,13H,4-5,11-12H2,1-3H3. The molecule has 15 heavy (non-hydrogen) atoms. The molecule has 84 valence electrons. The third kappa shape index (κ3) is 4.05. The highest BCUT2D eigenvalue weighted by molar-refractivity contribution is 5.18. The van der Waals surface area contributed by atoms with Crippen molar-refractivity contribution >= 4 is 0 Å². The summed E-state index contributed by atoms with van der Waals surface area (Å²) in [6, 6.07) is 10.8. The number of hydrogen-bond donors (Lipinski definition) is 0. The molecule has 0 aliphatic rings. The molecule has 1 aromatic carbocycles. The Morgan fingerprint density at radius 2 is 1.67 bits per heavy atom. The van der Waals surface area contributed by atoms with Crippen molar-refractivity contribution < 1.29 is 0 Å². The molecule has 0 saturated carbocycles. The molecule has 0 amide bonds. The van der Waals surface area contributed by atoms with Crippen LogP contribution in [0.2, 0.25) is 0 Å². The predicted molar refractivity (Wildman–Crippen MR) is 67.3 cm³/mol. The van der Waals surface area contributed by atoms with E-state index in [1.54, 1.807) is 0 Å². The largest absolute Gasteiger partial charge is 0.304 e. The lowest BCUT2D eigenvalue weighted by Gasteiger charge is -2.20. The highest BCUT2D eigenvalue weighted by atomic mass is 15.1. The van der Waals surface area contributed by atoms with Crippen LogP contribution >= 0.6 is 0 Å². The van der Waals surface area contributed by atoms with E-state index in [1.807, 2.05) is 0 Å². The van der Waals surface area contributed by atoms with Gasteiger partial charge in [-0.2, -0.15) is 0 Å². The van der Waals surface area contributed by atoms with Crippen molar-refractivity contribution in [3.63, 3.8) is 0 Å². The summed E-state index contributed by atoms with van der Waals surface area (Å²) >= 11 is 0. The van der Waals surface area contributed by atoms with Gasteiger partial charge in [0, 0.05) is 0 Å². The van der Waals surface area contributed by atoms with Crippen molar-refractivity contribution in [1.82, 2.24) is 4.90 Å². The molecule has 1 aromatic rings. The van der Waals surface area contributed by atoms with E-state index in [2.05, 4.69) is 56.0 Å². The summed E-state index contributed by atoms with van der Waals surface area (Å²) in [6.07, 6.45) is 1.26. The van der Waals surface area contributed by atoms with Crippen LogP contribution in [0.15, 0.2) is 30.3 Å². The lowest BCUT2D eigenvalue weighted by molar-refractivity contribution is 0.292. The van der Waals surface area contributed by atoms with Crippen LogP contribution < -0.4 is 0 Å². The third-order valence-electron chi connectivity index (χ3n) is 3.14. The van der Waals surface area contributed by atoms with E-state index in [0.29, 0.717) is 5.92 Å². The molecule has 0 saturated heterocycles. The first-order valence-corrected chi connectivity index (χ1v) is 6.05. The van der Waals surface area contributed by atoms with Crippen LogP contribution in [-0.2, 0) is 0 Å². The van der Waals surface area contributed by atoms with Gasteiger partial charge in [-0.05, 0) is 37.5 Å². The molecule has 0 aliphatic heterocycles. The Hall–Kier alpha value is -0.820. The second-order valence-corrected chi connectivity index (χ2v) is 4.13. The van der Waals surface area contributed by atoms with Crippen molar-refractivity contribution in [2.24, 2.45) is 0 Å². The lowest BCUT2D eigenvalue weighted by Crippen LogP contribution is -2.24. The fourth-order valence-corrected chi connectivity index (χ4v) is 1.86. The van der Waals surface area contributed by atoms with Crippen molar-refractivity contribution in [2.75, 3.05) is 19.6 Å². The van der Waals surface area contributed by atoms with E-state index >= 15 is 0 Å². The van der Waals surface area contributed by atoms with Gasteiger partial charge in [-0.25, -0.2) is 0 Å². The van der Waals surface area contributed by atoms with Gasteiger partial charge in [0.15, 0.2) is 0 Å². The Morgan fingerprint density at radius 1 is 1.07 bits per heavy atom. The van der Waals surface area contributed by atoms with Crippen LogP contribution in [0.4, 0.5) is 0 Å². The van der Waals surface area contributed by atoms with E-state index in [9.17, 15) is 0 Å². The van der Waals surface area contributed by atoms with Gasteiger partial charge in [-0.15, -0.1) is 0 Å². The summed E-state index contributed by atoms with van der Waals surface area (Å²) in [4.78, 5) is 2.49. The minimum absolute atomic E-state index is 0.673. The van der Waals surface area contributed by atoms with Gasteiger partial charge in [-0.1, -0.05) is 51.1 Å². The number of nitrogens with zero attached hydrogens (tertiary/aromatic N) is 1. The van der Waals surface area contributed by atoms with Gasteiger partial charge in [0.1, 0.15) is 0 Å². The summed E-state index contributed by atoms with van der Waals surface area (Å²) in [7, 11) is 0. The van der Waals surface area contributed by atoms with Gasteiger partial charge in [-0.3, -0.25) is 0 Å². The van der Waals surface area contributed by atoms with E-state index < -0.39 is 0 Å². The summed E-state index contributed by atoms with van der Waals surface area (Å²) in [5.41, 5.74) is 1.46. The highest BCUT2D eigenvalue weighted by Gasteiger charge is 2.06. The van der Waals surface area contributed by atoms with Crippen LogP contribution in [0.5, 0.6) is 0 Å². The summed E-state index contributed by atoms with van der Waals surface area (Å²) in [5.74, 6) is 0.673. The second-order valence-electron chi connectivity index (χ2n) is 4.13. The van der Waals surface area contributed by atoms with Gasteiger partial charge < -0.3 is 4.90 Å². The lowest BCUT2D eigenvalue weighted by atomic mass is 9.98. The zero-order valence-electron chi connectivity index (χ0n) is 10.2. The number of hydrogen-bond acceptors (Lipinski definition) is 1.